The van der Waals surface area contributed by atoms with E-state index in [9.17, 15) is 5.26 Å². The van der Waals surface area contributed by atoms with Gasteiger partial charge in [0.1, 0.15) is 5.54 Å². The van der Waals surface area contributed by atoms with E-state index >= 15 is 0 Å². The summed E-state index contributed by atoms with van der Waals surface area (Å²) in [5, 5.41) is 9.50. The van der Waals surface area contributed by atoms with E-state index < -0.39 is 0 Å². The molecule has 1 saturated heterocycles. The van der Waals surface area contributed by atoms with Gasteiger partial charge in [0.25, 0.3) is 0 Å². The Morgan fingerprint density at radius 1 is 1.33 bits per heavy atom. The summed E-state index contributed by atoms with van der Waals surface area (Å²) in [6, 6.07) is 2.55. The van der Waals surface area contributed by atoms with Gasteiger partial charge < -0.3 is 4.74 Å². The highest BCUT2D eigenvalue weighted by Crippen LogP contribution is 2.43. The lowest BCUT2D eigenvalue weighted by Gasteiger charge is -2.40. The van der Waals surface area contributed by atoms with Crippen LogP contribution in [0.1, 0.15) is 32.1 Å². The molecule has 84 valence electrons. The largest absolute Gasteiger partial charge is 0.382 e. The molecule has 0 radical (unpaired) electrons. The van der Waals surface area contributed by atoms with Crippen LogP contribution in [-0.2, 0) is 4.74 Å². The molecule has 1 atom stereocenters. The van der Waals surface area contributed by atoms with E-state index in [1.807, 2.05) is 0 Å². The molecule has 1 unspecified atom stereocenters. The fourth-order valence-electron chi connectivity index (χ4n) is 2.74. The number of likely N-dealkylation sites (tertiary alicyclic amines) is 1. The average Bonchev–Trinajstić information content (AvgIpc) is 3.11. The van der Waals surface area contributed by atoms with Gasteiger partial charge in [0.2, 0.25) is 0 Å². The number of piperidine rings is 1. The molecule has 1 aliphatic heterocycles. The molecule has 0 bridgehead atoms. The molecule has 0 amide bonds. The fourth-order valence-corrected chi connectivity index (χ4v) is 2.74. The van der Waals surface area contributed by atoms with Crippen LogP contribution in [0.2, 0.25) is 0 Å². The van der Waals surface area contributed by atoms with Crippen LogP contribution in [0.25, 0.3) is 0 Å². The number of hydrogen-bond acceptors (Lipinski definition) is 3. The summed E-state index contributed by atoms with van der Waals surface area (Å²) < 4.78 is 5.29. The van der Waals surface area contributed by atoms with Crippen LogP contribution < -0.4 is 0 Å². The van der Waals surface area contributed by atoms with E-state index in [0.29, 0.717) is 12.5 Å². The second kappa shape index (κ2) is 4.51. The molecule has 2 fully saturated rings. The Labute approximate surface area is 92.0 Å². The van der Waals surface area contributed by atoms with Gasteiger partial charge in [0.05, 0.1) is 12.7 Å². The second-order valence-electron chi connectivity index (χ2n) is 4.79. The summed E-state index contributed by atoms with van der Waals surface area (Å²) >= 11 is 0. The SMILES string of the molecule is COCC(C#N)(C1CC1)N1CCCCC1. The highest BCUT2D eigenvalue weighted by atomic mass is 16.5. The van der Waals surface area contributed by atoms with Gasteiger partial charge in [-0.25, -0.2) is 0 Å². The summed E-state index contributed by atoms with van der Waals surface area (Å²) in [5.74, 6) is 0.556. The molecule has 0 aromatic rings. The van der Waals surface area contributed by atoms with Gasteiger partial charge in [-0.2, -0.15) is 5.26 Å². The van der Waals surface area contributed by atoms with Crippen molar-refractivity contribution in [3.8, 4) is 6.07 Å². The van der Waals surface area contributed by atoms with E-state index in [-0.39, 0.29) is 5.54 Å². The maximum Gasteiger partial charge on any atom is 0.135 e. The summed E-state index contributed by atoms with van der Waals surface area (Å²) in [7, 11) is 1.71. The van der Waals surface area contributed by atoms with E-state index in [2.05, 4.69) is 11.0 Å². The maximum absolute atomic E-state index is 9.50. The molecule has 1 saturated carbocycles. The number of nitrogens with zero attached hydrogens (tertiary/aromatic N) is 2. The Kier molecular flexibility index (Phi) is 3.28. The minimum absolute atomic E-state index is 0.310. The fraction of sp³-hybridized carbons (Fsp3) is 0.917. The highest BCUT2D eigenvalue weighted by molar-refractivity contribution is 5.16. The van der Waals surface area contributed by atoms with Gasteiger partial charge in [-0.05, 0) is 44.7 Å². The molecule has 0 N–H and O–H groups in total. The normalized spacial score (nSPS) is 26.9. The molecule has 0 spiro atoms. The van der Waals surface area contributed by atoms with Crippen molar-refractivity contribution in [1.82, 2.24) is 4.90 Å². The van der Waals surface area contributed by atoms with Gasteiger partial charge in [-0.3, -0.25) is 4.90 Å². The summed E-state index contributed by atoms with van der Waals surface area (Å²) in [4.78, 5) is 2.37. The Morgan fingerprint density at radius 2 is 2.00 bits per heavy atom. The van der Waals surface area contributed by atoms with Crippen molar-refractivity contribution in [3.63, 3.8) is 0 Å². The van der Waals surface area contributed by atoms with Crippen LogP contribution in [0.15, 0.2) is 0 Å². The molecule has 15 heavy (non-hydrogen) atoms. The Morgan fingerprint density at radius 3 is 2.47 bits per heavy atom. The molecule has 3 nitrogen and oxygen atoms in total. The van der Waals surface area contributed by atoms with Gasteiger partial charge >= 0.3 is 0 Å². The summed E-state index contributed by atoms with van der Waals surface area (Å²) in [6.07, 6.45) is 6.19. The minimum atomic E-state index is -0.310. The topological polar surface area (TPSA) is 36.3 Å². The Hall–Kier alpha value is -0.590. The molecule has 3 heteroatoms. The third-order valence-electron chi connectivity index (χ3n) is 3.73. The molecular formula is C12H20N2O. The lowest BCUT2D eigenvalue weighted by atomic mass is 9.91. The monoisotopic (exact) mass is 208 g/mol. The van der Waals surface area contributed by atoms with Crippen LogP contribution in [0.4, 0.5) is 0 Å². The number of ether oxygens (including phenoxy) is 1. The standard InChI is InChI=1S/C12H20N2O/c1-15-10-12(9-13,11-5-6-11)14-7-3-2-4-8-14/h11H,2-8,10H2,1H3. The predicted octanol–water partition coefficient (Wildman–Crippen LogP) is 1.79. The van der Waals surface area contributed by atoms with E-state index in [4.69, 9.17) is 4.74 Å². The van der Waals surface area contributed by atoms with E-state index in [1.165, 1.54) is 32.1 Å². The second-order valence-corrected chi connectivity index (χ2v) is 4.79. The molecule has 0 aromatic carbocycles. The third kappa shape index (κ3) is 2.02. The first-order valence-corrected chi connectivity index (χ1v) is 5.99. The lowest BCUT2D eigenvalue weighted by molar-refractivity contribution is 0.0202. The van der Waals surface area contributed by atoms with Crippen molar-refractivity contribution in [2.45, 2.75) is 37.6 Å². The first-order chi connectivity index (χ1) is 7.33. The minimum Gasteiger partial charge on any atom is -0.382 e. The molecule has 1 heterocycles. The van der Waals surface area contributed by atoms with Crippen LogP contribution in [-0.4, -0.2) is 37.2 Å². The zero-order valence-corrected chi connectivity index (χ0v) is 9.54. The molecule has 2 rings (SSSR count). The Bertz CT molecular complexity index is 251. The Balaban J connectivity index is 2.11. The van der Waals surface area contributed by atoms with Crippen molar-refractivity contribution in [1.29, 1.82) is 5.26 Å². The molecule has 1 aliphatic carbocycles. The zero-order chi connectivity index (χ0) is 10.7. The van der Waals surface area contributed by atoms with Crippen molar-refractivity contribution < 1.29 is 4.74 Å². The predicted molar refractivity (Wildman–Crippen MR) is 58.4 cm³/mol. The van der Waals surface area contributed by atoms with Gasteiger partial charge in [-0.1, -0.05) is 6.42 Å². The summed E-state index contributed by atoms with van der Waals surface area (Å²) in [6.45, 7) is 2.73. The quantitative estimate of drug-likeness (QED) is 0.706. The van der Waals surface area contributed by atoms with Gasteiger partial charge in [-0.15, -0.1) is 0 Å². The molecule has 2 aliphatic rings. The average molecular weight is 208 g/mol. The molecular weight excluding hydrogens is 188 g/mol. The van der Waals surface area contributed by atoms with E-state index in [0.717, 1.165) is 13.1 Å². The van der Waals surface area contributed by atoms with Crippen LogP contribution >= 0.6 is 0 Å². The smallest absolute Gasteiger partial charge is 0.135 e. The summed E-state index contributed by atoms with van der Waals surface area (Å²) in [5.41, 5.74) is -0.310. The van der Waals surface area contributed by atoms with Gasteiger partial charge in [0, 0.05) is 7.11 Å². The first-order valence-electron chi connectivity index (χ1n) is 5.99. The maximum atomic E-state index is 9.50. The van der Waals surface area contributed by atoms with Crippen molar-refractivity contribution in [3.05, 3.63) is 0 Å². The van der Waals surface area contributed by atoms with Crippen LogP contribution in [0, 0.1) is 17.2 Å². The number of nitriles is 1. The highest BCUT2D eigenvalue weighted by Gasteiger charge is 2.50. The van der Waals surface area contributed by atoms with Crippen molar-refractivity contribution in [2.24, 2.45) is 5.92 Å². The van der Waals surface area contributed by atoms with E-state index in [1.54, 1.807) is 7.11 Å². The zero-order valence-electron chi connectivity index (χ0n) is 9.54. The van der Waals surface area contributed by atoms with Gasteiger partial charge in [0.15, 0.2) is 0 Å². The van der Waals surface area contributed by atoms with Crippen molar-refractivity contribution in [2.75, 3.05) is 26.8 Å². The van der Waals surface area contributed by atoms with Crippen LogP contribution in [0.3, 0.4) is 0 Å². The number of methoxy groups -OCH3 is 1. The lowest BCUT2D eigenvalue weighted by Crippen LogP contribution is -2.54. The number of rotatable bonds is 4. The van der Waals surface area contributed by atoms with Crippen molar-refractivity contribution >= 4 is 0 Å². The first kappa shape index (κ1) is 10.9. The third-order valence-corrected chi connectivity index (χ3v) is 3.73. The van der Waals surface area contributed by atoms with Crippen LogP contribution in [0.5, 0.6) is 0 Å². The molecule has 0 aromatic heterocycles. The number of hydrogen-bond donors (Lipinski definition) is 0.